The molecule has 0 spiro atoms. The molecule has 3 aromatic heterocycles. The number of halogens is 3. The molecular formula is C24H21F3N4O. The molecule has 5 nitrogen and oxygen atoms in total. The number of carbonyl (C=O) groups excluding carboxylic acids is 1. The minimum Gasteiger partial charge on any atom is -0.350 e. The molecular weight excluding hydrogens is 417 g/mol. The van der Waals surface area contributed by atoms with Crippen LogP contribution in [0.3, 0.4) is 0 Å². The van der Waals surface area contributed by atoms with Gasteiger partial charge in [0, 0.05) is 30.9 Å². The van der Waals surface area contributed by atoms with Crippen LogP contribution in [0, 0.1) is 6.92 Å². The van der Waals surface area contributed by atoms with E-state index in [1.54, 1.807) is 36.8 Å². The highest BCUT2D eigenvalue weighted by molar-refractivity contribution is 5.77. The van der Waals surface area contributed by atoms with Gasteiger partial charge in [-0.3, -0.25) is 9.78 Å². The molecule has 1 aromatic carbocycles. The Morgan fingerprint density at radius 1 is 1.09 bits per heavy atom. The molecule has 0 fully saturated rings. The molecule has 0 aliphatic rings. The van der Waals surface area contributed by atoms with Crippen LogP contribution >= 0.6 is 0 Å². The average Bonchev–Trinajstić information content (AvgIpc) is 3.21. The topological polar surface area (TPSA) is 59.3 Å². The fourth-order valence-corrected chi connectivity index (χ4v) is 3.70. The van der Waals surface area contributed by atoms with Gasteiger partial charge in [0.15, 0.2) is 0 Å². The van der Waals surface area contributed by atoms with Crippen LogP contribution in [0.1, 0.15) is 40.4 Å². The number of aryl methyl sites for hydroxylation is 1. The van der Waals surface area contributed by atoms with Crippen molar-refractivity contribution >= 4 is 11.6 Å². The fourth-order valence-electron chi connectivity index (χ4n) is 3.70. The summed E-state index contributed by atoms with van der Waals surface area (Å²) in [6.07, 6.45) is 0.553. The lowest BCUT2D eigenvalue weighted by molar-refractivity contribution is -0.137. The molecule has 1 N–H and O–H groups in total. The van der Waals surface area contributed by atoms with Gasteiger partial charge in [0.25, 0.3) is 0 Å². The molecule has 3 heterocycles. The predicted molar refractivity (Wildman–Crippen MR) is 114 cm³/mol. The molecule has 8 heteroatoms. The van der Waals surface area contributed by atoms with E-state index in [2.05, 4.69) is 15.3 Å². The predicted octanol–water partition coefficient (Wildman–Crippen LogP) is 4.89. The summed E-state index contributed by atoms with van der Waals surface area (Å²) in [5.41, 5.74) is 2.63. The van der Waals surface area contributed by atoms with E-state index in [0.29, 0.717) is 22.6 Å². The molecule has 0 aliphatic heterocycles. The summed E-state index contributed by atoms with van der Waals surface area (Å²) in [5, 5.41) is 2.81. The number of hydrogen-bond acceptors (Lipinski definition) is 3. The number of pyridine rings is 2. The molecule has 0 saturated heterocycles. The highest BCUT2D eigenvalue weighted by Crippen LogP contribution is 2.34. The number of nitrogens with zero attached hydrogens (tertiary/aromatic N) is 3. The zero-order valence-corrected chi connectivity index (χ0v) is 17.3. The molecule has 0 aliphatic carbocycles. The quantitative estimate of drug-likeness (QED) is 0.466. The number of imidazole rings is 1. The number of nitrogens with one attached hydrogen (secondary N) is 1. The number of amides is 1. The number of rotatable bonds is 6. The van der Waals surface area contributed by atoms with Crippen LogP contribution in [0.5, 0.6) is 0 Å². The van der Waals surface area contributed by atoms with Crippen molar-refractivity contribution in [3.63, 3.8) is 0 Å². The summed E-state index contributed by atoms with van der Waals surface area (Å²) in [7, 11) is 0. The van der Waals surface area contributed by atoms with Crippen molar-refractivity contribution in [3.05, 3.63) is 101 Å². The molecule has 1 atom stereocenters. The summed E-state index contributed by atoms with van der Waals surface area (Å²) < 4.78 is 41.9. The van der Waals surface area contributed by atoms with Gasteiger partial charge in [-0.2, -0.15) is 13.2 Å². The largest absolute Gasteiger partial charge is 0.416 e. The summed E-state index contributed by atoms with van der Waals surface area (Å²) in [5.74, 6) is -0.904. The third-order valence-corrected chi connectivity index (χ3v) is 5.32. The molecule has 4 rings (SSSR count). The molecule has 32 heavy (non-hydrogen) atoms. The Balaban J connectivity index is 1.68. The second-order valence-corrected chi connectivity index (χ2v) is 7.55. The van der Waals surface area contributed by atoms with Gasteiger partial charge in [-0.05, 0) is 42.3 Å². The first-order valence-corrected chi connectivity index (χ1v) is 10.1. The van der Waals surface area contributed by atoms with Gasteiger partial charge in [-0.1, -0.05) is 30.3 Å². The van der Waals surface area contributed by atoms with E-state index in [4.69, 9.17) is 0 Å². The summed E-state index contributed by atoms with van der Waals surface area (Å²) in [6.45, 7) is 2.15. The third-order valence-electron chi connectivity index (χ3n) is 5.32. The first kappa shape index (κ1) is 21.5. The van der Waals surface area contributed by atoms with Crippen LogP contribution < -0.4 is 5.32 Å². The van der Waals surface area contributed by atoms with E-state index in [0.717, 1.165) is 17.7 Å². The van der Waals surface area contributed by atoms with Gasteiger partial charge >= 0.3 is 6.18 Å². The van der Waals surface area contributed by atoms with Gasteiger partial charge in [-0.25, -0.2) is 4.98 Å². The summed E-state index contributed by atoms with van der Waals surface area (Å²) in [6, 6.07) is 14.3. The Labute approximate surface area is 183 Å². The lowest BCUT2D eigenvalue weighted by atomic mass is 9.91. The molecule has 0 saturated carbocycles. The minimum atomic E-state index is -4.47. The molecule has 1 amide bonds. The number of hydrogen-bond donors (Lipinski definition) is 1. The van der Waals surface area contributed by atoms with Crippen molar-refractivity contribution in [2.45, 2.75) is 32.0 Å². The second kappa shape index (κ2) is 8.82. The van der Waals surface area contributed by atoms with Crippen LogP contribution in [-0.2, 0) is 17.5 Å². The SMILES string of the molecule is Cc1cccn2c(C(CC(=O)NCc3ccccn3)c3cccc(C(F)(F)F)c3)cnc12. The normalized spacial score (nSPS) is 12.6. The van der Waals surface area contributed by atoms with Gasteiger partial charge in [0.05, 0.1) is 23.5 Å². The minimum absolute atomic E-state index is 0.0319. The number of carbonyl (C=O) groups is 1. The van der Waals surface area contributed by atoms with Crippen LogP contribution in [0.2, 0.25) is 0 Å². The highest BCUT2D eigenvalue weighted by atomic mass is 19.4. The van der Waals surface area contributed by atoms with Crippen LogP contribution in [0.15, 0.2) is 73.2 Å². The van der Waals surface area contributed by atoms with Crippen molar-refractivity contribution in [2.24, 2.45) is 0 Å². The first-order valence-electron chi connectivity index (χ1n) is 10.1. The van der Waals surface area contributed by atoms with E-state index in [9.17, 15) is 18.0 Å². The van der Waals surface area contributed by atoms with Crippen LogP contribution in [-0.4, -0.2) is 20.3 Å². The summed E-state index contributed by atoms with van der Waals surface area (Å²) in [4.78, 5) is 21.4. The van der Waals surface area contributed by atoms with Crippen molar-refractivity contribution in [1.82, 2.24) is 19.7 Å². The van der Waals surface area contributed by atoms with E-state index in [1.165, 1.54) is 6.07 Å². The monoisotopic (exact) mass is 438 g/mol. The standard InChI is InChI=1S/C24H21F3N4O/c1-16-6-5-11-31-21(15-30-23(16)31)20(17-7-4-8-18(12-17)24(25,26)27)13-22(32)29-14-19-9-2-3-10-28-19/h2-12,15,20H,13-14H2,1H3,(H,29,32). The summed E-state index contributed by atoms with van der Waals surface area (Å²) >= 11 is 0. The van der Waals surface area contributed by atoms with Crippen LogP contribution in [0.25, 0.3) is 5.65 Å². The van der Waals surface area contributed by atoms with Crippen molar-refractivity contribution < 1.29 is 18.0 Å². The molecule has 4 aromatic rings. The van der Waals surface area contributed by atoms with E-state index in [1.807, 2.05) is 29.5 Å². The van der Waals surface area contributed by atoms with Crippen molar-refractivity contribution in [1.29, 1.82) is 0 Å². The number of alkyl halides is 3. The Hall–Kier alpha value is -3.68. The molecule has 164 valence electrons. The Morgan fingerprint density at radius 2 is 1.94 bits per heavy atom. The van der Waals surface area contributed by atoms with E-state index >= 15 is 0 Å². The lowest BCUT2D eigenvalue weighted by Crippen LogP contribution is -2.25. The Bertz CT molecular complexity index is 1230. The number of benzene rings is 1. The van der Waals surface area contributed by atoms with Crippen LogP contribution in [0.4, 0.5) is 13.2 Å². The Morgan fingerprint density at radius 3 is 2.69 bits per heavy atom. The lowest BCUT2D eigenvalue weighted by Gasteiger charge is -2.19. The zero-order chi connectivity index (χ0) is 22.7. The molecule has 1 unspecified atom stereocenters. The van der Waals surface area contributed by atoms with Gasteiger partial charge in [0.2, 0.25) is 5.91 Å². The van der Waals surface area contributed by atoms with E-state index < -0.39 is 17.7 Å². The van der Waals surface area contributed by atoms with Crippen molar-refractivity contribution in [3.8, 4) is 0 Å². The maximum atomic E-state index is 13.3. The number of aromatic nitrogens is 3. The Kier molecular flexibility index (Phi) is 5.94. The van der Waals surface area contributed by atoms with Gasteiger partial charge in [-0.15, -0.1) is 0 Å². The average molecular weight is 438 g/mol. The first-order chi connectivity index (χ1) is 15.3. The molecule has 0 radical (unpaired) electrons. The number of fused-ring (bicyclic) bond motifs is 1. The fraction of sp³-hybridized carbons (Fsp3) is 0.208. The van der Waals surface area contributed by atoms with Gasteiger partial charge < -0.3 is 9.72 Å². The smallest absolute Gasteiger partial charge is 0.350 e. The molecule has 0 bridgehead atoms. The van der Waals surface area contributed by atoms with Gasteiger partial charge in [0.1, 0.15) is 5.65 Å². The maximum Gasteiger partial charge on any atom is 0.416 e. The second-order valence-electron chi connectivity index (χ2n) is 7.55. The van der Waals surface area contributed by atoms with Crippen molar-refractivity contribution in [2.75, 3.05) is 0 Å². The highest BCUT2D eigenvalue weighted by Gasteiger charge is 2.32. The maximum absolute atomic E-state index is 13.3. The third kappa shape index (κ3) is 4.64. The zero-order valence-electron chi connectivity index (χ0n) is 17.3. The van der Waals surface area contributed by atoms with E-state index in [-0.39, 0.29) is 18.9 Å².